The standard InChI is InChI=1S/C18H27NO2S2/c1-2-4-16(19-23(20,21)17-5-3-6-22-17)18-10-13-7-14(11-18)9-15(8-13)12-18/h3,5-6,13-16,19H,2,4,7-12H2,1H3. The molecule has 0 amide bonds. The quantitative estimate of drug-likeness (QED) is 0.823. The van der Waals surface area contributed by atoms with E-state index in [9.17, 15) is 8.42 Å². The maximum atomic E-state index is 12.8. The predicted molar refractivity (Wildman–Crippen MR) is 93.9 cm³/mol. The Hall–Kier alpha value is -0.390. The number of rotatable bonds is 6. The van der Waals surface area contributed by atoms with Crippen LogP contribution in [0.5, 0.6) is 0 Å². The second-order valence-corrected chi connectivity index (χ2v) is 11.1. The highest BCUT2D eigenvalue weighted by molar-refractivity contribution is 7.91. The third kappa shape index (κ3) is 2.89. The molecule has 1 atom stereocenters. The van der Waals surface area contributed by atoms with Gasteiger partial charge in [-0.25, -0.2) is 13.1 Å². The summed E-state index contributed by atoms with van der Waals surface area (Å²) in [6, 6.07) is 3.65. The molecular formula is C18H27NO2S2. The normalized spacial score (nSPS) is 37.2. The molecule has 1 unspecified atom stereocenters. The van der Waals surface area contributed by atoms with Crippen molar-refractivity contribution in [3.63, 3.8) is 0 Å². The third-order valence-electron chi connectivity index (χ3n) is 6.46. The minimum Gasteiger partial charge on any atom is -0.207 e. The maximum absolute atomic E-state index is 12.8. The molecule has 0 radical (unpaired) electrons. The van der Waals surface area contributed by atoms with Crippen molar-refractivity contribution in [2.75, 3.05) is 0 Å². The monoisotopic (exact) mass is 353 g/mol. The number of sulfonamides is 1. The topological polar surface area (TPSA) is 46.2 Å². The summed E-state index contributed by atoms with van der Waals surface area (Å²) in [6.45, 7) is 2.17. The first-order chi connectivity index (χ1) is 11.0. The average Bonchev–Trinajstić information content (AvgIpc) is 3.00. The molecule has 5 rings (SSSR count). The Bertz CT molecular complexity index is 615. The van der Waals surface area contributed by atoms with E-state index in [0.717, 1.165) is 30.6 Å². The van der Waals surface area contributed by atoms with Gasteiger partial charge in [-0.3, -0.25) is 0 Å². The van der Waals surface area contributed by atoms with Gasteiger partial charge in [-0.15, -0.1) is 11.3 Å². The van der Waals surface area contributed by atoms with E-state index in [-0.39, 0.29) is 11.5 Å². The lowest BCUT2D eigenvalue weighted by molar-refractivity contribution is -0.0712. The van der Waals surface area contributed by atoms with Gasteiger partial charge in [0.15, 0.2) is 0 Å². The SMILES string of the molecule is CCCC(NS(=O)(=O)c1cccs1)C12CC3CC(CC(C3)C1)C2. The van der Waals surface area contributed by atoms with Crippen molar-refractivity contribution in [1.82, 2.24) is 4.72 Å². The minimum atomic E-state index is -3.36. The van der Waals surface area contributed by atoms with Gasteiger partial charge in [-0.2, -0.15) is 0 Å². The molecule has 23 heavy (non-hydrogen) atoms. The first-order valence-corrected chi connectivity index (χ1v) is 11.4. The Kier molecular flexibility index (Phi) is 4.10. The van der Waals surface area contributed by atoms with Gasteiger partial charge in [-0.05, 0) is 79.6 Å². The van der Waals surface area contributed by atoms with Crippen LogP contribution in [0.1, 0.15) is 58.3 Å². The van der Waals surface area contributed by atoms with Crippen molar-refractivity contribution in [2.24, 2.45) is 23.2 Å². The van der Waals surface area contributed by atoms with Crippen LogP contribution in [0, 0.1) is 23.2 Å². The van der Waals surface area contributed by atoms with Crippen LogP contribution in [-0.2, 0) is 10.0 Å². The fraction of sp³-hybridized carbons (Fsp3) is 0.778. The van der Waals surface area contributed by atoms with E-state index >= 15 is 0 Å². The van der Waals surface area contributed by atoms with E-state index in [1.807, 2.05) is 11.4 Å². The van der Waals surface area contributed by atoms with Crippen molar-refractivity contribution in [3.8, 4) is 0 Å². The lowest BCUT2D eigenvalue weighted by Gasteiger charge is -2.59. The first-order valence-electron chi connectivity index (χ1n) is 9.06. The van der Waals surface area contributed by atoms with Gasteiger partial charge in [-0.1, -0.05) is 19.4 Å². The minimum absolute atomic E-state index is 0.119. The smallest absolute Gasteiger partial charge is 0.207 e. The molecule has 1 N–H and O–H groups in total. The first kappa shape index (κ1) is 16.1. The molecule has 0 spiro atoms. The van der Waals surface area contributed by atoms with Crippen LogP contribution in [0.2, 0.25) is 0 Å². The number of hydrogen-bond acceptors (Lipinski definition) is 3. The van der Waals surface area contributed by atoms with E-state index in [2.05, 4.69) is 11.6 Å². The lowest BCUT2D eigenvalue weighted by Crippen LogP contribution is -2.56. The summed E-state index contributed by atoms with van der Waals surface area (Å²) < 4.78 is 29.1. The van der Waals surface area contributed by atoms with Crippen LogP contribution < -0.4 is 4.72 Å². The highest BCUT2D eigenvalue weighted by atomic mass is 32.2. The van der Waals surface area contributed by atoms with Crippen LogP contribution in [-0.4, -0.2) is 14.5 Å². The summed E-state index contributed by atoms with van der Waals surface area (Å²) in [5.74, 6) is 2.56. The van der Waals surface area contributed by atoms with Crippen LogP contribution in [0.4, 0.5) is 0 Å². The van der Waals surface area contributed by atoms with Crippen LogP contribution >= 0.6 is 11.3 Å². The Labute approximate surface area is 143 Å². The second-order valence-electron chi connectivity index (χ2n) is 8.17. The number of thiophene rings is 1. The molecule has 1 aromatic rings. The summed E-state index contributed by atoms with van der Waals surface area (Å²) in [5, 5.41) is 1.84. The molecule has 0 saturated heterocycles. The number of hydrogen-bond donors (Lipinski definition) is 1. The summed E-state index contributed by atoms with van der Waals surface area (Å²) in [6.07, 6.45) is 9.95. The fourth-order valence-corrected chi connectivity index (χ4v) is 8.43. The molecule has 0 aromatic carbocycles. The van der Waals surface area contributed by atoms with E-state index in [1.165, 1.54) is 49.9 Å². The van der Waals surface area contributed by atoms with E-state index in [1.54, 1.807) is 6.07 Å². The van der Waals surface area contributed by atoms with Crippen LogP contribution in [0.3, 0.4) is 0 Å². The average molecular weight is 354 g/mol. The molecule has 4 bridgehead atoms. The third-order valence-corrected chi connectivity index (χ3v) is 9.33. The Morgan fingerprint density at radius 3 is 2.30 bits per heavy atom. The van der Waals surface area contributed by atoms with Crippen molar-refractivity contribution in [2.45, 2.75) is 68.5 Å². The fourth-order valence-electron chi connectivity index (χ4n) is 6.04. The van der Waals surface area contributed by atoms with Crippen LogP contribution in [0.15, 0.2) is 21.7 Å². The molecule has 4 aliphatic rings. The van der Waals surface area contributed by atoms with Gasteiger partial charge >= 0.3 is 0 Å². The van der Waals surface area contributed by atoms with E-state index in [0.29, 0.717) is 4.21 Å². The van der Waals surface area contributed by atoms with Crippen LogP contribution in [0.25, 0.3) is 0 Å². The molecule has 4 fully saturated rings. The van der Waals surface area contributed by atoms with Gasteiger partial charge in [0.05, 0.1) is 0 Å². The molecule has 1 heterocycles. The highest BCUT2D eigenvalue weighted by Gasteiger charge is 2.54. The summed E-state index contributed by atoms with van der Waals surface area (Å²) in [5.41, 5.74) is 0.231. The van der Waals surface area contributed by atoms with Crippen molar-refractivity contribution < 1.29 is 8.42 Å². The van der Waals surface area contributed by atoms with Crippen molar-refractivity contribution >= 4 is 21.4 Å². The van der Waals surface area contributed by atoms with Gasteiger partial charge in [0, 0.05) is 6.04 Å². The summed E-state index contributed by atoms with van der Waals surface area (Å²) in [4.78, 5) is 0. The molecular weight excluding hydrogens is 326 g/mol. The predicted octanol–water partition coefficient (Wildman–Crippen LogP) is 4.41. The van der Waals surface area contributed by atoms with E-state index < -0.39 is 10.0 Å². The highest BCUT2D eigenvalue weighted by Crippen LogP contribution is 2.61. The van der Waals surface area contributed by atoms with Gasteiger partial charge < -0.3 is 0 Å². The zero-order valence-electron chi connectivity index (χ0n) is 13.8. The van der Waals surface area contributed by atoms with Crippen molar-refractivity contribution in [3.05, 3.63) is 17.5 Å². The lowest BCUT2D eigenvalue weighted by atomic mass is 9.47. The molecule has 128 valence electrons. The molecule has 1 aromatic heterocycles. The second kappa shape index (κ2) is 5.85. The summed E-state index contributed by atoms with van der Waals surface area (Å²) >= 11 is 1.32. The zero-order chi connectivity index (χ0) is 16.1. The maximum Gasteiger partial charge on any atom is 0.250 e. The number of nitrogens with one attached hydrogen (secondary N) is 1. The largest absolute Gasteiger partial charge is 0.250 e. The van der Waals surface area contributed by atoms with E-state index in [4.69, 9.17) is 0 Å². The molecule has 5 heteroatoms. The van der Waals surface area contributed by atoms with Gasteiger partial charge in [0.1, 0.15) is 4.21 Å². The Balaban J connectivity index is 1.61. The summed E-state index contributed by atoms with van der Waals surface area (Å²) in [7, 11) is -3.36. The zero-order valence-corrected chi connectivity index (χ0v) is 15.5. The Morgan fingerprint density at radius 1 is 1.22 bits per heavy atom. The molecule has 3 nitrogen and oxygen atoms in total. The molecule has 4 saturated carbocycles. The Morgan fingerprint density at radius 2 is 1.83 bits per heavy atom. The molecule has 0 aliphatic heterocycles. The van der Waals surface area contributed by atoms with Gasteiger partial charge in [0.25, 0.3) is 0 Å². The van der Waals surface area contributed by atoms with Gasteiger partial charge in [0.2, 0.25) is 10.0 Å². The molecule has 4 aliphatic carbocycles. The van der Waals surface area contributed by atoms with Crippen molar-refractivity contribution in [1.29, 1.82) is 0 Å².